The molecular weight excluding hydrogens is 470 g/mol. The van der Waals surface area contributed by atoms with Crippen molar-refractivity contribution in [1.82, 2.24) is 0 Å². The molecule has 4 aliphatic carbocycles. The van der Waals surface area contributed by atoms with Gasteiger partial charge in [0.05, 0.1) is 17.9 Å². The fourth-order valence-electron chi connectivity index (χ4n) is 9.30. The number of rotatable bonds is 7. The molecule has 4 unspecified atom stereocenters. The van der Waals surface area contributed by atoms with E-state index in [1.165, 1.54) is 49.8 Å². The van der Waals surface area contributed by atoms with Gasteiger partial charge in [-0.25, -0.2) is 0 Å². The zero-order chi connectivity index (χ0) is 27.1. The number of fused-ring (bicyclic) bond motifs is 5. The molecule has 0 aromatic carbocycles. The van der Waals surface area contributed by atoms with E-state index in [4.69, 9.17) is 14.3 Å². The van der Waals surface area contributed by atoms with Crippen LogP contribution in [-0.4, -0.2) is 30.8 Å². The SMILES string of the molecule is CC[C@H]1OC(O[C@H]2CC[C@@]3(C)C(=CCC4C3CC[C@@]3(C)C4CC[C@@H]3/C(C)=N/OCC=C(C)C)C2)C=C[C@@H]1C. The summed E-state index contributed by atoms with van der Waals surface area (Å²) < 4.78 is 12.8. The molecule has 1 aliphatic heterocycles. The minimum absolute atomic E-state index is 0.177. The molecule has 0 saturated heterocycles. The molecule has 4 nitrogen and oxygen atoms in total. The van der Waals surface area contributed by atoms with E-state index in [0.717, 1.165) is 37.0 Å². The quantitative estimate of drug-likeness (QED) is 0.145. The number of hydrogen-bond acceptors (Lipinski definition) is 4. The van der Waals surface area contributed by atoms with Crippen LogP contribution in [0.3, 0.4) is 0 Å². The van der Waals surface area contributed by atoms with Crippen LogP contribution in [0, 0.1) is 40.4 Å². The van der Waals surface area contributed by atoms with Crippen molar-refractivity contribution in [1.29, 1.82) is 0 Å². The van der Waals surface area contributed by atoms with Crippen molar-refractivity contribution in [2.24, 2.45) is 45.6 Å². The van der Waals surface area contributed by atoms with Crippen LogP contribution in [-0.2, 0) is 14.3 Å². The first-order valence-electron chi connectivity index (χ1n) is 15.6. The molecule has 212 valence electrons. The number of nitrogens with zero attached hydrogens (tertiary/aromatic N) is 1. The zero-order valence-corrected chi connectivity index (χ0v) is 25.2. The van der Waals surface area contributed by atoms with Crippen LogP contribution in [0.5, 0.6) is 0 Å². The summed E-state index contributed by atoms with van der Waals surface area (Å²) in [6.45, 7) is 16.6. The summed E-state index contributed by atoms with van der Waals surface area (Å²) >= 11 is 0. The maximum Gasteiger partial charge on any atom is 0.177 e. The molecule has 3 fully saturated rings. The molecule has 1 heterocycles. The lowest BCUT2D eigenvalue weighted by Crippen LogP contribution is -2.51. The summed E-state index contributed by atoms with van der Waals surface area (Å²) in [4.78, 5) is 5.70. The van der Waals surface area contributed by atoms with Crippen molar-refractivity contribution in [2.45, 2.75) is 125 Å². The van der Waals surface area contributed by atoms with E-state index < -0.39 is 0 Å². The molecule has 0 aromatic rings. The molecule has 5 aliphatic rings. The van der Waals surface area contributed by atoms with Gasteiger partial charge in [-0.15, -0.1) is 0 Å². The third kappa shape index (κ3) is 5.21. The molecule has 0 N–H and O–H groups in total. The van der Waals surface area contributed by atoms with Gasteiger partial charge in [0.2, 0.25) is 0 Å². The van der Waals surface area contributed by atoms with Crippen LogP contribution in [0.4, 0.5) is 0 Å². The van der Waals surface area contributed by atoms with Gasteiger partial charge in [-0.3, -0.25) is 0 Å². The molecule has 0 bridgehead atoms. The third-order valence-electron chi connectivity index (χ3n) is 11.5. The summed E-state index contributed by atoms with van der Waals surface area (Å²) in [5.41, 5.74) is 4.86. The number of hydrogen-bond donors (Lipinski definition) is 0. The van der Waals surface area contributed by atoms with Gasteiger partial charge in [0, 0.05) is 11.8 Å². The van der Waals surface area contributed by atoms with Crippen molar-refractivity contribution in [2.75, 3.05) is 6.61 Å². The average molecular weight is 524 g/mol. The Morgan fingerprint density at radius 3 is 2.66 bits per heavy atom. The van der Waals surface area contributed by atoms with Gasteiger partial charge < -0.3 is 14.3 Å². The first-order chi connectivity index (χ1) is 18.2. The second-order valence-electron chi connectivity index (χ2n) is 13.9. The van der Waals surface area contributed by atoms with E-state index in [2.05, 4.69) is 77.9 Å². The average Bonchev–Trinajstić information content (AvgIpc) is 3.25. The highest BCUT2D eigenvalue weighted by molar-refractivity contribution is 5.85. The number of allylic oxidation sites excluding steroid dienone is 2. The minimum atomic E-state index is -0.177. The second kappa shape index (κ2) is 11.2. The molecule has 0 radical (unpaired) electrons. The molecule has 10 atom stereocenters. The van der Waals surface area contributed by atoms with Gasteiger partial charge in [0.15, 0.2) is 6.29 Å². The smallest absolute Gasteiger partial charge is 0.177 e. The molecule has 3 saturated carbocycles. The lowest BCUT2D eigenvalue weighted by molar-refractivity contribution is -0.188. The van der Waals surface area contributed by atoms with E-state index in [1.54, 1.807) is 5.57 Å². The first kappa shape index (κ1) is 28.1. The van der Waals surface area contributed by atoms with Crippen LogP contribution < -0.4 is 0 Å². The Kier molecular flexibility index (Phi) is 8.32. The molecule has 0 aromatic heterocycles. The monoisotopic (exact) mass is 523 g/mol. The van der Waals surface area contributed by atoms with Crippen LogP contribution >= 0.6 is 0 Å². The summed E-state index contributed by atoms with van der Waals surface area (Å²) in [5, 5.41) is 4.60. The van der Waals surface area contributed by atoms with Crippen molar-refractivity contribution >= 4 is 5.71 Å². The third-order valence-corrected chi connectivity index (χ3v) is 11.5. The van der Waals surface area contributed by atoms with E-state index >= 15 is 0 Å². The Bertz CT molecular complexity index is 976. The predicted octanol–water partition coefficient (Wildman–Crippen LogP) is 8.64. The summed E-state index contributed by atoms with van der Waals surface area (Å²) in [6.07, 6.45) is 20.6. The van der Waals surface area contributed by atoms with Crippen molar-refractivity contribution in [3.8, 4) is 0 Å². The van der Waals surface area contributed by atoms with Crippen molar-refractivity contribution in [3.63, 3.8) is 0 Å². The number of ether oxygens (including phenoxy) is 2. The zero-order valence-electron chi connectivity index (χ0n) is 25.2. The second-order valence-corrected chi connectivity index (χ2v) is 13.9. The number of oxime groups is 1. The van der Waals surface area contributed by atoms with Crippen LogP contribution in [0.2, 0.25) is 0 Å². The fraction of sp³-hybridized carbons (Fsp3) is 0.794. The Labute approximate surface area is 232 Å². The van der Waals surface area contributed by atoms with Gasteiger partial charge in [-0.05, 0) is 119 Å². The Hall–Kier alpha value is -1.39. The first-order valence-corrected chi connectivity index (χ1v) is 15.6. The van der Waals surface area contributed by atoms with Gasteiger partial charge in [0.25, 0.3) is 0 Å². The topological polar surface area (TPSA) is 40.0 Å². The van der Waals surface area contributed by atoms with Gasteiger partial charge in [-0.1, -0.05) is 56.1 Å². The van der Waals surface area contributed by atoms with Crippen molar-refractivity contribution in [3.05, 3.63) is 35.5 Å². The van der Waals surface area contributed by atoms with E-state index in [0.29, 0.717) is 29.3 Å². The largest absolute Gasteiger partial charge is 0.392 e. The summed E-state index contributed by atoms with van der Waals surface area (Å²) in [7, 11) is 0. The highest BCUT2D eigenvalue weighted by Gasteiger charge is 2.59. The Morgan fingerprint density at radius 2 is 1.89 bits per heavy atom. The molecule has 38 heavy (non-hydrogen) atoms. The van der Waals surface area contributed by atoms with Gasteiger partial charge >= 0.3 is 0 Å². The van der Waals surface area contributed by atoms with E-state index in [9.17, 15) is 0 Å². The lowest BCUT2D eigenvalue weighted by atomic mass is 9.47. The lowest BCUT2D eigenvalue weighted by Gasteiger charge is -2.58. The highest BCUT2D eigenvalue weighted by Crippen LogP contribution is 2.66. The summed E-state index contributed by atoms with van der Waals surface area (Å²) in [5.74, 6) is 3.44. The normalized spacial score (nSPS) is 44.5. The van der Waals surface area contributed by atoms with E-state index in [-0.39, 0.29) is 18.5 Å². The minimum Gasteiger partial charge on any atom is -0.392 e. The van der Waals surface area contributed by atoms with Crippen molar-refractivity contribution < 1.29 is 14.3 Å². The van der Waals surface area contributed by atoms with Crippen LogP contribution in [0.1, 0.15) is 106 Å². The molecular formula is C34H53NO3. The predicted molar refractivity (Wildman–Crippen MR) is 156 cm³/mol. The molecule has 0 amide bonds. The van der Waals surface area contributed by atoms with E-state index in [1.807, 2.05) is 0 Å². The Morgan fingerprint density at radius 1 is 1.08 bits per heavy atom. The maximum absolute atomic E-state index is 6.54. The van der Waals surface area contributed by atoms with Crippen LogP contribution in [0.15, 0.2) is 40.6 Å². The maximum atomic E-state index is 6.54. The standard InChI is InChI=1S/C34H53NO3/c1-8-31-23(4)9-14-32(38-31)37-26-15-18-33(6)25(21-26)10-11-27-29-13-12-28(34(29,7)19-16-30(27)33)24(5)35-36-20-17-22(2)3/h9-10,14,17,23,26-32H,8,11-13,15-16,18-21H2,1-7H3/b35-24+/t23-,26-,27?,28+,29?,30?,31+,32?,33-,34+/m0/s1. The molecule has 4 heteroatoms. The fourth-order valence-corrected chi connectivity index (χ4v) is 9.30. The Balaban J connectivity index is 1.25. The molecule has 5 rings (SSSR count). The van der Waals surface area contributed by atoms with Gasteiger partial charge in [0.1, 0.15) is 6.61 Å². The van der Waals surface area contributed by atoms with Crippen LogP contribution in [0.25, 0.3) is 0 Å². The highest BCUT2D eigenvalue weighted by atomic mass is 16.7. The van der Waals surface area contributed by atoms with Gasteiger partial charge in [-0.2, -0.15) is 0 Å². The molecule has 0 spiro atoms. The summed E-state index contributed by atoms with van der Waals surface area (Å²) in [6, 6.07) is 0.